The van der Waals surface area contributed by atoms with E-state index < -0.39 is 11.9 Å². The Balaban J connectivity index is -0.000000295. The number of rotatable bonds is 5. The van der Waals surface area contributed by atoms with Gasteiger partial charge in [0.1, 0.15) is 0 Å². The molecule has 0 N–H and O–H groups in total. The van der Waals surface area contributed by atoms with Crippen LogP contribution in [0, 0.1) is 5.92 Å². The molecule has 0 aliphatic carbocycles. The van der Waals surface area contributed by atoms with Gasteiger partial charge >= 0.3 is 59.1 Å². The van der Waals surface area contributed by atoms with E-state index in [-0.39, 0.29) is 65.5 Å². The minimum absolute atomic E-state index is 0. The second-order valence-electron chi connectivity index (χ2n) is 4.37. The van der Waals surface area contributed by atoms with Crippen molar-refractivity contribution in [1.82, 2.24) is 0 Å². The molecule has 104 valence electrons. The monoisotopic (exact) mass is 308 g/mol. The van der Waals surface area contributed by atoms with Crippen molar-refractivity contribution in [2.24, 2.45) is 5.92 Å². The molecular weight excluding hydrogens is 290 g/mol. The van der Waals surface area contributed by atoms with Gasteiger partial charge in [0.05, 0.1) is 5.97 Å². The summed E-state index contributed by atoms with van der Waals surface area (Å²) in [5.74, 6) is -1.65. The van der Waals surface area contributed by atoms with Crippen molar-refractivity contribution in [2.75, 3.05) is 0 Å². The predicted octanol–water partition coefficient (Wildman–Crippen LogP) is -5.37. The van der Waals surface area contributed by atoms with Gasteiger partial charge in [-0.3, -0.25) is 0 Å². The van der Waals surface area contributed by atoms with E-state index in [0.717, 1.165) is 18.1 Å². The van der Waals surface area contributed by atoms with Gasteiger partial charge in [-0.2, -0.15) is 0 Å². The fraction of sp³-hybridized carbons (Fsp3) is 0.333. The molecule has 0 aliphatic heterocycles. The van der Waals surface area contributed by atoms with Gasteiger partial charge in [0, 0.05) is 5.97 Å². The van der Waals surface area contributed by atoms with Crippen molar-refractivity contribution in [3.63, 3.8) is 0 Å². The first-order valence-corrected chi connectivity index (χ1v) is 6.05. The summed E-state index contributed by atoms with van der Waals surface area (Å²) in [5.41, 5.74) is 0.858. The molecule has 1 rings (SSSR count). The number of aliphatic carboxylic acids is 2. The Morgan fingerprint density at radius 2 is 1.62 bits per heavy atom. The summed E-state index contributed by atoms with van der Waals surface area (Å²) in [6.45, 7) is 3.98. The van der Waals surface area contributed by atoms with Gasteiger partial charge in [0.2, 0.25) is 0 Å². The van der Waals surface area contributed by atoms with E-state index in [9.17, 15) is 19.8 Å². The molecule has 6 heteroatoms. The van der Waals surface area contributed by atoms with Gasteiger partial charge in [-0.15, -0.1) is 0 Å². The minimum atomic E-state index is -1.17. The summed E-state index contributed by atoms with van der Waals surface area (Å²) in [6.07, 6.45) is 3.42. The molecule has 0 atom stereocenters. The molecule has 0 amide bonds. The number of hydrogen-bond acceptors (Lipinski definition) is 4. The van der Waals surface area contributed by atoms with Gasteiger partial charge < -0.3 is 19.8 Å². The maximum atomic E-state index is 9.97. The third-order valence-corrected chi connectivity index (χ3v) is 2.14. The zero-order valence-corrected chi connectivity index (χ0v) is 17.2. The zero-order chi connectivity index (χ0) is 14.7. The van der Waals surface area contributed by atoms with Crippen LogP contribution in [0.2, 0.25) is 0 Å². The van der Waals surface area contributed by atoms with Crippen LogP contribution in [0.4, 0.5) is 0 Å². The molecule has 0 heterocycles. The molecule has 0 aliphatic rings. The van der Waals surface area contributed by atoms with Crippen LogP contribution in [-0.4, -0.2) is 11.9 Å². The normalized spacial score (nSPS) is 9.10. The third kappa shape index (κ3) is 19.9. The SMILES string of the molecule is CC(C)CCC(=O)[O-].O=C([O-])C=Cc1ccccc1.[Na+].[Na+]. The molecule has 0 unspecified atom stereocenters. The summed E-state index contributed by atoms with van der Waals surface area (Å²) in [5, 5.41) is 19.8. The van der Waals surface area contributed by atoms with Crippen molar-refractivity contribution in [1.29, 1.82) is 0 Å². The second kappa shape index (κ2) is 16.3. The van der Waals surface area contributed by atoms with Crippen LogP contribution in [0.5, 0.6) is 0 Å². The number of carboxylic acid groups (broad SMARTS) is 2. The van der Waals surface area contributed by atoms with Crippen LogP contribution in [0.1, 0.15) is 32.3 Å². The van der Waals surface area contributed by atoms with Crippen LogP contribution >= 0.6 is 0 Å². The predicted molar refractivity (Wildman–Crippen MR) is 69.6 cm³/mol. The Morgan fingerprint density at radius 1 is 1.10 bits per heavy atom. The molecule has 0 aromatic heterocycles. The maximum Gasteiger partial charge on any atom is 1.00 e. The van der Waals surface area contributed by atoms with E-state index in [0.29, 0.717) is 5.92 Å². The Labute approximate surface area is 170 Å². The number of carbonyl (C=O) groups excluding carboxylic acids is 2. The second-order valence-corrected chi connectivity index (χ2v) is 4.37. The summed E-state index contributed by atoms with van der Waals surface area (Å²) in [7, 11) is 0. The van der Waals surface area contributed by atoms with Crippen LogP contribution < -0.4 is 69.3 Å². The molecule has 1 aromatic rings. The molecule has 21 heavy (non-hydrogen) atoms. The molecular formula is C15H18Na2O4. The summed E-state index contributed by atoms with van der Waals surface area (Å²) in [6, 6.07) is 9.19. The van der Waals surface area contributed by atoms with E-state index in [1.165, 1.54) is 6.08 Å². The van der Waals surface area contributed by atoms with Crippen LogP contribution in [-0.2, 0) is 9.59 Å². The van der Waals surface area contributed by atoms with Crippen molar-refractivity contribution < 1.29 is 78.9 Å². The third-order valence-electron chi connectivity index (χ3n) is 2.14. The van der Waals surface area contributed by atoms with Gasteiger partial charge in [0.25, 0.3) is 0 Å². The first-order valence-electron chi connectivity index (χ1n) is 6.05. The molecule has 1 aromatic carbocycles. The van der Waals surface area contributed by atoms with Gasteiger partial charge in [-0.1, -0.05) is 50.3 Å². The van der Waals surface area contributed by atoms with Crippen molar-refractivity contribution in [3.05, 3.63) is 42.0 Å². The fourth-order valence-corrected chi connectivity index (χ4v) is 1.13. The summed E-state index contributed by atoms with van der Waals surface area (Å²) in [4.78, 5) is 19.8. The van der Waals surface area contributed by atoms with E-state index in [2.05, 4.69) is 0 Å². The molecule has 4 nitrogen and oxygen atoms in total. The Bertz CT molecular complexity index is 417. The van der Waals surface area contributed by atoms with E-state index in [1.807, 2.05) is 44.2 Å². The minimum Gasteiger partial charge on any atom is -0.550 e. The maximum absolute atomic E-state index is 9.97. The largest absolute Gasteiger partial charge is 1.00 e. The molecule has 0 saturated heterocycles. The van der Waals surface area contributed by atoms with Gasteiger partial charge in [-0.05, 0) is 30.4 Å². The van der Waals surface area contributed by atoms with Crippen LogP contribution in [0.15, 0.2) is 36.4 Å². The number of benzene rings is 1. The summed E-state index contributed by atoms with van der Waals surface area (Å²) >= 11 is 0. The smallest absolute Gasteiger partial charge is 0.550 e. The van der Waals surface area contributed by atoms with Crippen LogP contribution in [0.3, 0.4) is 0 Å². The van der Waals surface area contributed by atoms with Crippen molar-refractivity contribution in [2.45, 2.75) is 26.7 Å². The average molecular weight is 308 g/mol. The van der Waals surface area contributed by atoms with Crippen molar-refractivity contribution >= 4 is 18.0 Å². The molecule has 0 bridgehead atoms. The number of carboxylic acids is 2. The fourth-order valence-electron chi connectivity index (χ4n) is 1.13. The Morgan fingerprint density at radius 3 is 1.95 bits per heavy atom. The van der Waals surface area contributed by atoms with Crippen molar-refractivity contribution in [3.8, 4) is 0 Å². The van der Waals surface area contributed by atoms with E-state index in [1.54, 1.807) is 0 Å². The molecule has 0 fully saturated rings. The Hall–Kier alpha value is -0.1000. The van der Waals surface area contributed by atoms with E-state index >= 15 is 0 Å². The topological polar surface area (TPSA) is 80.3 Å². The summed E-state index contributed by atoms with van der Waals surface area (Å²) < 4.78 is 0. The molecule has 0 spiro atoms. The standard InChI is InChI=1S/C9H8O2.C6H12O2.2Na/c10-9(11)7-6-8-4-2-1-3-5-8;1-5(2)3-4-6(7)8;;/h1-7H,(H,10,11);5H,3-4H2,1-2H3,(H,7,8);;/q;;2*+1/p-2. The van der Waals surface area contributed by atoms with Crippen LogP contribution in [0.25, 0.3) is 6.08 Å². The van der Waals surface area contributed by atoms with E-state index in [4.69, 9.17) is 0 Å². The Kier molecular flexibility index (Phi) is 20.0. The van der Waals surface area contributed by atoms with Gasteiger partial charge in [-0.25, -0.2) is 0 Å². The molecule has 0 saturated carbocycles. The molecule has 0 radical (unpaired) electrons. The first kappa shape index (κ1) is 25.8. The number of hydrogen-bond donors (Lipinski definition) is 0. The van der Waals surface area contributed by atoms with Gasteiger partial charge in [0.15, 0.2) is 0 Å². The zero-order valence-electron chi connectivity index (χ0n) is 13.2. The average Bonchev–Trinajstić information content (AvgIpc) is 2.36. The quantitative estimate of drug-likeness (QED) is 0.402. The first-order chi connectivity index (χ1) is 8.91. The number of carbonyl (C=O) groups is 2.